The van der Waals surface area contributed by atoms with Crippen LogP contribution >= 0.6 is 11.6 Å². The smallest absolute Gasteiger partial charge is 0.0844 e. The van der Waals surface area contributed by atoms with E-state index in [1.165, 1.54) is 0 Å². The van der Waals surface area contributed by atoms with E-state index >= 15 is 0 Å². The number of aromatic nitrogens is 2. The highest BCUT2D eigenvalue weighted by molar-refractivity contribution is 6.31. The molecule has 1 rings (SSSR count). The molecule has 0 radical (unpaired) electrons. The molecule has 1 unspecified atom stereocenters. The number of nitrogens with one attached hydrogen (secondary N) is 1. The van der Waals surface area contributed by atoms with Crippen molar-refractivity contribution in [1.29, 1.82) is 0 Å². The Hall–Kier alpha value is -0.580. The maximum absolute atomic E-state index is 9.26. The van der Waals surface area contributed by atoms with Crippen molar-refractivity contribution < 1.29 is 5.11 Å². The van der Waals surface area contributed by atoms with Crippen molar-refractivity contribution in [2.45, 2.75) is 52.7 Å². The molecule has 0 fully saturated rings. The zero-order valence-corrected chi connectivity index (χ0v) is 11.8. The Bertz CT molecular complexity index is 363. The van der Waals surface area contributed by atoms with Gasteiger partial charge in [0.05, 0.1) is 23.0 Å². The van der Waals surface area contributed by atoms with Gasteiger partial charge in [0.1, 0.15) is 0 Å². The fourth-order valence-corrected chi connectivity index (χ4v) is 2.00. The molecule has 98 valence electrons. The summed E-state index contributed by atoms with van der Waals surface area (Å²) in [6.45, 7) is 8.93. The van der Waals surface area contributed by atoms with E-state index in [0.717, 1.165) is 29.4 Å². The summed E-state index contributed by atoms with van der Waals surface area (Å²) in [5.41, 5.74) is 1.85. The van der Waals surface area contributed by atoms with Gasteiger partial charge in [0.15, 0.2) is 0 Å². The van der Waals surface area contributed by atoms with Crippen LogP contribution in [-0.2, 0) is 6.54 Å². The molecule has 1 aromatic heterocycles. The van der Waals surface area contributed by atoms with Crippen LogP contribution in [0.3, 0.4) is 0 Å². The van der Waals surface area contributed by atoms with Crippen LogP contribution in [-0.4, -0.2) is 33.6 Å². The van der Waals surface area contributed by atoms with Crippen molar-refractivity contribution in [2.75, 3.05) is 6.61 Å². The summed E-state index contributed by atoms with van der Waals surface area (Å²) in [5, 5.41) is 17.7. The van der Waals surface area contributed by atoms with Crippen LogP contribution in [0.2, 0.25) is 5.02 Å². The zero-order chi connectivity index (χ0) is 13.0. The number of aliphatic hydroxyl groups is 1. The Kier molecular flexibility index (Phi) is 5.43. The van der Waals surface area contributed by atoms with E-state index in [2.05, 4.69) is 24.3 Å². The first-order valence-corrected chi connectivity index (χ1v) is 6.40. The topological polar surface area (TPSA) is 50.1 Å². The summed E-state index contributed by atoms with van der Waals surface area (Å²) in [7, 11) is 0. The number of aliphatic hydroxyl groups excluding tert-OH is 1. The molecule has 0 amide bonds. The van der Waals surface area contributed by atoms with Gasteiger partial charge < -0.3 is 10.4 Å². The first-order valence-electron chi connectivity index (χ1n) is 6.02. The predicted octanol–water partition coefficient (Wildman–Crippen LogP) is 1.90. The Morgan fingerprint density at radius 2 is 2.06 bits per heavy atom. The number of hydrogen-bond donors (Lipinski definition) is 2. The third kappa shape index (κ3) is 3.98. The summed E-state index contributed by atoms with van der Waals surface area (Å²) < 4.78 is 1.91. The van der Waals surface area contributed by atoms with E-state index in [-0.39, 0.29) is 12.6 Å². The summed E-state index contributed by atoms with van der Waals surface area (Å²) >= 11 is 6.08. The number of hydrogen-bond acceptors (Lipinski definition) is 3. The minimum absolute atomic E-state index is 0.109. The molecule has 0 bridgehead atoms. The lowest BCUT2D eigenvalue weighted by Gasteiger charge is -2.19. The van der Waals surface area contributed by atoms with E-state index in [4.69, 9.17) is 11.6 Å². The van der Waals surface area contributed by atoms with Crippen LogP contribution in [0.5, 0.6) is 0 Å². The molecule has 0 aliphatic rings. The second kappa shape index (κ2) is 6.38. The van der Waals surface area contributed by atoms with Crippen LogP contribution in [0.25, 0.3) is 0 Å². The molecule has 5 heteroatoms. The van der Waals surface area contributed by atoms with Crippen molar-refractivity contribution in [3.63, 3.8) is 0 Å². The average Bonchev–Trinajstić information content (AvgIpc) is 2.51. The van der Waals surface area contributed by atoms with Crippen LogP contribution < -0.4 is 5.32 Å². The molecule has 2 N–H and O–H groups in total. The third-order valence-corrected chi connectivity index (χ3v) is 3.32. The van der Waals surface area contributed by atoms with Gasteiger partial charge in [-0.1, -0.05) is 25.4 Å². The van der Waals surface area contributed by atoms with Gasteiger partial charge in [0.25, 0.3) is 0 Å². The second-order valence-electron chi connectivity index (χ2n) is 4.70. The maximum Gasteiger partial charge on any atom is 0.0844 e. The van der Waals surface area contributed by atoms with Gasteiger partial charge in [-0.25, -0.2) is 0 Å². The predicted molar refractivity (Wildman–Crippen MR) is 70.5 cm³/mol. The van der Waals surface area contributed by atoms with Crippen molar-refractivity contribution >= 4 is 11.6 Å². The lowest BCUT2D eigenvalue weighted by molar-refractivity contribution is 0.222. The van der Waals surface area contributed by atoms with Gasteiger partial charge in [-0.05, 0) is 20.3 Å². The van der Waals surface area contributed by atoms with Crippen LogP contribution in [0.4, 0.5) is 0 Å². The standard InChI is InChI=1S/C12H22ClN3O/c1-8(2)14-11(7-17)5-6-16-10(4)12(13)9(3)15-16/h8,11,14,17H,5-7H2,1-4H3. The molecule has 1 heterocycles. The molecule has 0 aromatic carbocycles. The second-order valence-corrected chi connectivity index (χ2v) is 5.08. The quantitative estimate of drug-likeness (QED) is 0.821. The zero-order valence-electron chi connectivity index (χ0n) is 11.0. The van der Waals surface area contributed by atoms with Gasteiger partial charge >= 0.3 is 0 Å². The lowest BCUT2D eigenvalue weighted by atomic mass is 10.2. The Morgan fingerprint density at radius 3 is 2.47 bits per heavy atom. The fraction of sp³-hybridized carbons (Fsp3) is 0.750. The monoisotopic (exact) mass is 259 g/mol. The fourth-order valence-electron chi connectivity index (χ4n) is 1.87. The van der Waals surface area contributed by atoms with E-state index in [0.29, 0.717) is 6.04 Å². The lowest BCUT2D eigenvalue weighted by Crippen LogP contribution is -2.38. The molecule has 0 spiro atoms. The molecule has 1 atom stereocenters. The molecular weight excluding hydrogens is 238 g/mol. The largest absolute Gasteiger partial charge is 0.395 e. The van der Waals surface area contributed by atoms with Crippen molar-refractivity contribution in [1.82, 2.24) is 15.1 Å². The third-order valence-electron chi connectivity index (χ3n) is 2.77. The Morgan fingerprint density at radius 1 is 1.41 bits per heavy atom. The van der Waals surface area contributed by atoms with Crippen molar-refractivity contribution in [3.8, 4) is 0 Å². The maximum atomic E-state index is 9.26. The molecular formula is C12H22ClN3O. The number of rotatable bonds is 6. The van der Waals surface area contributed by atoms with Gasteiger partial charge in [0.2, 0.25) is 0 Å². The van der Waals surface area contributed by atoms with Gasteiger partial charge in [-0.2, -0.15) is 5.10 Å². The number of aryl methyl sites for hydroxylation is 2. The first kappa shape index (κ1) is 14.5. The van der Waals surface area contributed by atoms with Crippen molar-refractivity contribution in [2.24, 2.45) is 0 Å². The summed E-state index contributed by atoms with van der Waals surface area (Å²) in [6, 6.07) is 0.480. The minimum Gasteiger partial charge on any atom is -0.395 e. The van der Waals surface area contributed by atoms with Gasteiger partial charge in [-0.15, -0.1) is 0 Å². The highest BCUT2D eigenvalue weighted by Gasteiger charge is 2.12. The minimum atomic E-state index is 0.109. The molecule has 0 saturated carbocycles. The highest BCUT2D eigenvalue weighted by atomic mass is 35.5. The van der Waals surface area contributed by atoms with Gasteiger partial charge in [-0.3, -0.25) is 4.68 Å². The van der Waals surface area contributed by atoms with Crippen LogP contribution in [0.1, 0.15) is 31.7 Å². The van der Waals surface area contributed by atoms with Crippen LogP contribution in [0, 0.1) is 13.8 Å². The summed E-state index contributed by atoms with van der Waals surface area (Å²) in [6.07, 6.45) is 0.840. The van der Waals surface area contributed by atoms with E-state index in [9.17, 15) is 5.11 Å². The molecule has 17 heavy (non-hydrogen) atoms. The number of halogens is 1. The molecule has 1 aromatic rings. The normalized spacial score (nSPS) is 13.4. The molecule has 4 nitrogen and oxygen atoms in total. The van der Waals surface area contributed by atoms with E-state index in [1.807, 2.05) is 18.5 Å². The van der Waals surface area contributed by atoms with E-state index < -0.39 is 0 Å². The molecule has 0 aliphatic carbocycles. The highest BCUT2D eigenvalue weighted by Crippen LogP contribution is 2.19. The summed E-state index contributed by atoms with van der Waals surface area (Å²) in [4.78, 5) is 0. The SMILES string of the molecule is Cc1nn(CCC(CO)NC(C)C)c(C)c1Cl. The number of nitrogens with zero attached hydrogens (tertiary/aromatic N) is 2. The van der Waals surface area contributed by atoms with Crippen LogP contribution in [0.15, 0.2) is 0 Å². The first-order chi connectivity index (χ1) is 7.95. The van der Waals surface area contributed by atoms with Crippen molar-refractivity contribution in [3.05, 3.63) is 16.4 Å². The Labute approximate surface area is 108 Å². The summed E-state index contributed by atoms with van der Waals surface area (Å²) in [5.74, 6) is 0. The Balaban J connectivity index is 2.56. The van der Waals surface area contributed by atoms with Gasteiger partial charge in [0, 0.05) is 18.6 Å². The van der Waals surface area contributed by atoms with E-state index in [1.54, 1.807) is 0 Å². The average molecular weight is 260 g/mol. The molecule has 0 aliphatic heterocycles. The molecule has 0 saturated heterocycles.